The largest absolute Gasteiger partial charge is 0.382 e. The number of halogens is 1. The number of aromatic nitrogens is 2. The van der Waals surface area contributed by atoms with Gasteiger partial charge in [0, 0.05) is 19.3 Å². The van der Waals surface area contributed by atoms with Crippen LogP contribution < -0.4 is 10.6 Å². The fraction of sp³-hybridized carbons (Fsp3) is 0.250. The predicted octanol–water partition coefficient (Wildman–Crippen LogP) is 2.53. The molecule has 3 N–H and O–H groups in total. The molecule has 2 aromatic heterocycles. The third-order valence-corrected chi connectivity index (χ3v) is 4.05. The normalized spacial score (nSPS) is 10.5. The summed E-state index contributed by atoms with van der Waals surface area (Å²) in [5, 5.41) is 9.54. The fourth-order valence-corrected chi connectivity index (χ4v) is 2.84. The topological polar surface area (TPSA) is 78.9 Å². The number of nitrogens with two attached hydrogens (primary N) is 1. The highest BCUT2D eigenvalue weighted by molar-refractivity contribution is 9.11. The molecular formula is C12H14BrN5S. The van der Waals surface area contributed by atoms with Gasteiger partial charge in [-0.3, -0.25) is 5.41 Å². The molecule has 0 atom stereocenters. The average molecular weight is 340 g/mol. The minimum Gasteiger partial charge on any atom is -0.382 e. The number of thiophene rings is 1. The van der Waals surface area contributed by atoms with Crippen molar-refractivity contribution < 1.29 is 0 Å². The Morgan fingerprint density at radius 2 is 2.21 bits per heavy atom. The maximum Gasteiger partial charge on any atom is 0.226 e. The Morgan fingerprint density at radius 1 is 1.47 bits per heavy atom. The van der Waals surface area contributed by atoms with Crippen LogP contribution in [-0.4, -0.2) is 22.9 Å². The summed E-state index contributed by atoms with van der Waals surface area (Å²) in [5.41, 5.74) is 7.93. The number of nitrogen functional groups attached to an aromatic ring is 1. The van der Waals surface area contributed by atoms with Gasteiger partial charge in [-0.15, -0.1) is 11.3 Å². The molecular weight excluding hydrogens is 326 g/mol. The quantitative estimate of drug-likeness (QED) is 0.662. The van der Waals surface area contributed by atoms with Crippen LogP contribution in [0.1, 0.15) is 17.0 Å². The van der Waals surface area contributed by atoms with Gasteiger partial charge in [0.2, 0.25) is 5.95 Å². The zero-order valence-corrected chi connectivity index (χ0v) is 13.0. The van der Waals surface area contributed by atoms with Gasteiger partial charge in [-0.25, -0.2) is 9.97 Å². The zero-order chi connectivity index (χ0) is 14.0. The molecule has 0 amide bonds. The number of amidine groups is 1. The SMILES string of the molecule is Cc1cc(C(=N)N)nc(N(C)Cc2csc(Br)c2)n1. The van der Waals surface area contributed by atoms with Crippen LogP contribution in [0.25, 0.3) is 0 Å². The van der Waals surface area contributed by atoms with E-state index in [1.807, 2.05) is 18.9 Å². The van der Waals surface area contributed by atoms with Crippen molar-refractivity contribution in [1.82, 2.24) is 9.97 Å². The number of nitrogens with one attached hydrogen (secondary N) is 1. The highest BCUT2D eigenvalue weighted by atomic mass is 79.9. The lowest BCUT2D eigenvalue weighted by molar-refractivity contribution is 0.859. The summed E-state index contributed by atoms with van der Waals surface area (Å²) in [4.78, 5) is 10.6. The Bertz CT molecular complexity index is 610. The summed E-state index contributed by atoms with van der Waals surface area (Å²) in [6, 6.07) is 3.78. The van der Waals surface area contributed by atoms with Gasteiger partial charge in [-0.2, -0.15) is 0 Å². The lowest BCUT2D eigenvalue weighted by Crippen LogP contribution is -2.22. The van der Waals surface area contributed by atoms with Crippen LogP contribution in [0.3, 0.4) is 0 Å². The molecule has 2 aromatic rings. The molecule has 0 spiro atoms. The molecule has 0 saturated heterocycles. The van der Waals surface area contributed by atoms with Crippen molar-refractivity contribution in [3.8, 4) is 0 Å². The van der Waals surface area contributed by atoms with Crippen molar-refractivity contribution in [2.45, 2.75) is 13.5 Å². The first-order chi connectivity index (χ1) is 8.95. The van der Waals surface area contributed by atoms with Gasteiger partial charge in [-0.1, -0.05) is 0 Å². The van der Waals surface area contributed by atoms with Gasteiger partial charge in [-0.05, 0) is 45.9 Å². The standard InChI is InChI=1S/C12H14BrN5S/c1-7-3-9(11(14)15)17-12(16-7)18(2)5-8-4-10(13)19-6-8/h3-4,6H,5H2,1-2H3,(H3,14,15). The molecule has 0 radical (unpaired) electrons. The Balaban J connectivity index is 2.23. The van der Waals surface area contributed by atoms with Crippen molar-refractivity contribution >= 4 is 39.1 Å². The van der Waals surface area contributed by atoms with Crippen molar-refractivity contribution in [3.63, 3.8) is 0 Å². The molecule has 0 aliphatic carbocycles. The van der Waals surface area contributed by atoms with Crippen molar-refractivity contribution in [1.29, 1.82) is 5.41 Å². The summed E-state index contributed by atoms with van der Waals surface area (Å²) < 4.78 is 1.10. The highest BCUT2D eigenvalue weighted by Crippen LogP contribution is 2.22. The molecule has 2 heterocycles. The monoisotopic (exact) mass is 339 g/mol. The van der Waals surface area contributed by atoms with Crippen LogP contribution in [0.5, 0.6) is 0 Å². The Hall–Kier alpha value is -1.47. The molecule has 0 saturated carbocycles. The smallest absolute Gasteiger partial charge is 0.226 e. The van der Waals surface area contributed by atoms with Crippen LogP contribution in [0, 0.1) is 12.3 Å². The predicted molar refractivity (Wildman–Crippen MR) is 81.9 cm³/mol. The molecule has 100 valence electrons. The second kappa shape index (κ2) is 5.66. The summed E-state index contributed by atoms with van der Waals surface area (Å²) in [6.45, 7) is 2.58. The van der Waals surface area contributed by atoms with Gasteiger partial charge in [0.05, 0.1) is 3.79 Å². The molecule has 5 nitrogen and oxygen atoms in total. The second-order valence-electron chi connectivity index (χ2n) is 4.22. The number of rotatable bonds is 4. The van der Waals surface area contributed by atoms with Gasteiger partial charge >= 0.3 is 0 Å². The number of hydrogen-bond donors (Lipinski definition) is 2. The summed E-state index contributed by atoms with van der Waals surface area (Å²) >= 11 is 5.09. The zero-order valence-electron chi connectivity index (χ0n) is 10.6. The van der Waals surface area contributed by atoms with E-state index >= 15 is 0 Å². The maximum atomic E-state index is 7.46. The highest BCUT2D eigenvalue weighted by Gasteiger charge is 2.10. The number of aryl methyl sites for hydroxylation is 1. The maximum absolute atomic E-state index is 7.46. The van der Waals surface area contributed by atoms with Crippen molar-refractivity contribution in [3.05, 3.63) is 38.3 Å². The van der Waals surface area contributed by atoms with E-state index in [0.29, 0.717) is 18.2 Å². The Morgan fingerprint density at radius 3 is 2.79 bits per heavy atom. The lowest BCUT2D eigenvalue weighted by Gasteiger charge is -2.17. The van der Waals surface area contributed by atoms with Crippen LogP contribution in [0.2, 0.25) is 0 Å². The molecule has 0 aromatic carbocycles. The third kappa shape index (κ3) is 3.51. The first-order valence-corrected chi connectivity index (χ1v) is 7.27. The first-order valence-electron chi connectivity index (χ1n) is 5.60. The van der Waals surface area contributed by atoms with Gasteiger partial charge in [0.1, 0.15) is 11.5 Å². The van der Waals surface area contributed by atoms with E-state index in [1.54, 1.807) is 17.4 Å². The van der Waals surface area contributed by atoms with Gasteiger partial charge in [0.25, 0.3) is 0 Å². The molecule has 19 heavy (non-hydrogen) atoms. The number of hydrogen-bond acceptors (Lipinski definition) is 5. The minimum atomic E-state index is -0.0431. The molecule has 0 fully saturated rings. The summed E-state index contributed by atoms with van der Waals surface area (Å²) in [6.07, 6.45) is 0. The molecule has 0 bridgehead atoms. The van der Waals surface area contributed by atoms with Crippen LogP contribution in [0.15, 0.2) is 21.3 Å². The van der Waals surface area contributed by atoms with E-state index in [1.165, 1.54) is 5.56 Å². The van der Waals surface area contributed by atoms with Gasteiger partial charge < -0.3 is 10.6 Å². The summed E-state index contributed by atoms with van der Waals surface area (Å²) in [7, 11) is 1.92. The van der Waals surface area contributed by atoms with Crippen molar-refractivity contribution in [2.75, 3.05) is 11.9 Å². The molecule has 0 aliphatic rings. The van der Waals surface area contributed by atoms with Crippen LogP contribution >= 0.6 is 27.3 Å². The van der Waals surface area contributed by atoms with Crippen LogP contribution in [-0.2, 0) is 6.54 Å². The fourth-order valence-electron chi connectivity index (χ4n) is 1.63. The van der Waals surface area contributed by atoms with E-state index < -0.39 is 0 Å². The van der Waals surface area contributed by atoms with E-state index in [4.69, 9.17) is 11.1 Å². The molecule has 7 heteroatoms. The Labute approximate surface area is 124 Å². The third-order valence-electron chi connectivity index (χ3n) is 2.50. The average Bonchev–Trinajstić information content (AvgIpc) is 2.73. The number of anilines is 1. The lowest BCUT2D eigenvalue weighted by atomic mass is 10.3. The van der Waals surface area contributed by atoms with Crippen molar-refractivity contribution in [2.24, 2.45) is 5.73 Å². The Kier molecular flexibility index (Phi) is 4.16. The number of nitrogens with zero attached hydrogens (tertiary/aromatic N) is 3. The van der Waals surface area contributed by atoms with E-state index in [0.717, 1.165) is 9.48 Å². The van der Waals surface area contributed by atoms with Gasteiger partial charge in [0.15, 0.2) is 0 Å². The van der Waals surface area contributed by atoms with E-state index in [2.05, 4.69) is 37.3 Å². The van der Waals surface area contributed by atoms with Crippen LogP contribution in [0.4, 0.5) is 5.95 Å². The second-order valence-corrected chi connectivity index (χ2v) is 6.51. The summed E-state index contributed by atoms with van der Waals surface area (Å²) in [5.74, 6) is 0.533. The van der Waals surface area contributed by atoms with E-state index in [-0.39, 0.29) is 5.84 Å². The van der Waals surface area contributed by atoms with E-state index in [9.17, 15) is 0 Å². The molecule has 0 unspecified atom stereocenters. The molecule has 2 rings (SSSR count). The minimum absolute atomic E-state index is 0.0431. The molecule has 0 aliphatic heterocycles. The first kappa shape index (κ1) is 14.0.